The van der Waals surface area contributed by atoms with Crippen molar-refractivity contribution >= 4 is 6.09 Å². The summed E-state index contributed by atoms with van der Waals surface area (Å²) >= 11 is 0. The first-order chi connectivity index (χ1) is 6.31. The van der Waals surface area contributed by atoms with Gasteiger partial charge in [0.25, 0.3) is 0 Å². The van der Waals surface area contributed by atoms with Crippen LogP contribution >= 0.6 is 0 Å². The molecule has 2 aliphatic heterocycles. The van der Waals surface area contributed by atoms with Crippen LogP contribution in [0.3, 0.4) is 0 Å². The second-order valence-corrected chi connectivity index (χ2v) is 3.59. The molecule has 2 aliphatic rings. The van der Waals surface area contributed by atoms with Crippen molar-refractivity contribution in [2.45, 2.75) is 32.0 Å². The first-order valence-electron chi connectivity index (χ1n) is 4.88. The predicted octanol–water partition coefficient (Wildman–Crippen LogP) is 1.01. The monoisotopic (exact) mass is 185 g/mol. The van der Waals surface area contributed by atoms with Gasteiger partial charge in [0.2, 0.25) is 0 Å². The number of ether oxygens (including phenoxy) is 2. The quantitative estimate of drug-likeness (QED) is 0.486. The molecule has 2 unspecified atom stereocenters. The van der Waals surface area contributed by atoms with Crippen LogP contribution in [0.2, 0.25) is 0 Å². The van der Waals surface area contributed by atoms with Gasteiger partial charge in [-0.25, -0.2) is 4.79 Å². The molecule has 0 aromatic rings. The van der Waals surface area contributed by atoms with Gasteiger partial charge in [0.1, 0.15) is 12.2 Å². The van der Waals surface area contributed by atoms with E-state index in [1.54, 1.807) is 4.90 Å². The Balaban J connectivity index is 1.66. The molecule has 0 bridgehead atoms. The van der Waals surface area contributed by atoms with E-state index in [9.17, 15) is 4.79 Å². The molecule has 2 fully saturated rings. The van der Waals surface area contributed by atoms with E-state index < -0.39 is 0 Å². The first-order valence-corrected chi connectivity index (χ1v) is 4.88. The van der Waals surface area contributed by atoms with Crippen LogP contribution in [0.25, 0.3) is 0 Å². The van der Waals surface area contributed by atoms with E-state index in [1.807, 2.05) is 0 Å². The molecular formula is C9H15NO3. The summed E-state index contributed by atoms with van der Waals surface area (Å²) in [6, 6.07) is 0. The zero-order valence-corrected chi connectivity index (χ0v) is 7.86. The lowest BCUT2D eigenvalue weighted by molar-refractivity contribution is 0.0948. The van der Waals surface area contributed by atoms with E-state index in [-0.39, 0.29) is 6.09 Å². The van der Waals surface area contributed by atoms with Gasteiger partial charge in [-0.3, -0.25) is 0 Å². The van der Waals surface area contributed by atoms with Gasteiger partial charge in [0.05, 0.1) is 19.7 Å². The number of hydrogen-bond acceptors (Lipinski definition) is 3. The maximum Gasteiger partial charge on any atom is 0.409 e. The van der Waals surface area contributed by atoms with Gasteiger partial charge in [-0.15, -0.1) is 0 Å². The van der Waals surface area contributed by atoms with Gasteiger partial charge >= 0.3 is 6.09 Å². The molecule has 1 amide bonds. The third kappa shape index (κ3) is 1.94. The van der Waals surface area contributed by atoms with Crippen LogP contribution in [-0.4, -0.2) is 42.9 Å². The van der Waals surface area contributed by atoms with Gasteiger partial charge in [-0.1, -0.05) is 13.3 Å². The lowest BCUT2D eigenvalue weighted by atomic mass is 10.4. The minimum atomic E-state index is -0.177. The number of epoxide rings is 1. The summed E-state index contributed by atoms with van der Waals surface area (Å²) in [5.74, 6) is 0. The number of amides is 1. The van der Waals surface area contributed by atoms with E-state index in [1.165, 1.54) is 0 Å². The summed E-state index contributed by atoms with van der Waals surface area (Å²) in [7, 11) is 0. The van der Waals surface area contributed by atoms with Crippen molar-refractivity contribution in [3.8, 4) is 0 Å². The van der Waals surface area contributed by atoms with E-state index in [0.29, 0.717) is 18.8 Å². The molecule has 0 aromatic carbocycles. The molecule has 0 N–H and O–H groups in total. The van der Waals surface area contributed by atoms with Gasteiger partial charge in [-0.05, 0) is 6.42 Å². The summed E-state index contributed by atoms with van der Waals surface area (Å²) in [5.41, 5.74) is 0. The highest BCUT2D eigenvalue weighted by Gasteiger charge is 2.49. The summed E-state index contributed by atoms with van der Waals surface area (Å²) in [6.07, 6.45) is 2.44. The van der Waals surface area contributed by atoms with Crippen molar-refractivity contribution in [2.75, 3.05) is 19.7 Å². The highest BCUT2D eigenvalue weighted by Crippen LogP contribution is 2.30. The average Bonchev–Trinajstić information content (AvgIpc) is 2.74. The van der Waals surface area contributed by atoms with Crippen molar-refractivity contribution in [3.63, 3.8) is 0 Å². The predicted molar refractivity (Wildman–Crippen MR) is 46.5 cm³/mol. The summed E-state index contributed by atoms with van der Waals surface area (Å²) in [6.45, 7) is 4.06. The van der Waals surface area contributed by atoms with Crippen molar-refractivity contribution in [2.24, 2.45) is 0 Å². The zero-order valence-electron chi connectivity index (χ0n) is 7.86. The van der Waals surface area contributed by atoms with E-state index in [0.717, 1.165) is 25.9 Å². The highest BCUT2D eigenvalue weighted by molar-refractivity contribution is 5.68. The molecule has 0 spiro atoms. The van der Waals surface area contributed by atoms with Gasteiger partial charge < -0.3 is 14.4 Å². The Labute approximate surface area is 77.8 Å². The normalized spacial score (nSPS) is 30.1. The lowest BCUT2D eigenvalue weighted by Gasteiger charge is -2.16. The topological polar surface area (TPSA) is 42.1 Å². The van der Waals surface area contributed by atoms with Crippen LogP contribution in [0.1, 0.15) is 19.8 Å². The van der Waals surface area contributed by atoms with Crippen molar-refractivity contribution in [1.82, 2.24) is 4.90 Å². The second kappa shape index (κ2) is 3.54. The van der Waals surface area contributed by atoms with E-state index in [4.69, 9.17) is 9.47 Å². The van der Waals surface area contributed by atoms with E-state index >= 15 is 0 Å². The molecular weight excluding hydrogens is 170 g/mol. The van der Waals surface area contributed by atoms with Crippen molar-refractivity contribution in [1.29, 1.82) is 0 Å². The van der Waals surface area contributed by atoms with Crippen LogP contribution in [0, 0.1) is 0 Å². The van der Waals surface area contributed by atoms with Crippen LogP contribution < -0.4 is 0 Å². The van der Waals surface area contributed by atoms with Crippen molar-refractivity contribution < 1.29 is 14.3 Å². The second-order valence-electron chi connectivity index (χ2n) is 3.59. The molecule has 2 heterocycles. The standard InChI is InChI=1S/C9H15NO3/c1-2-3-4-12-9(11)10-5-7-8(6-10)13-7/h7-8H,2-6H2,1H3. The Hall–Kier alpha value is -0.770. The summed E-state index contributed by atoms with van der Waals surface area (Å²) in [4.78, 5) is 13.1. The minimum Gasteiger partial charge on any atom is -0.449 e. The smallest absolute Gasteiger partial charge is 0.409 e. The summed E-state index contributed by atoms with van der Waals surface area (Å²) in [5, 5.41) is 0. The molecule has 2 atom stereocenters. The maximum absolute atomic E-state index is 11.3. The molecule has 4 nitrogen and oxygen atoms in total. The Morgan fingerprint density at radius 1 is 1.54 bits per heavy atom. The molecule has 13 heavy (non-hydrogen) atoms. The Morgan fingerprint density at radius 2 is 2.23 bits per heavy atom. The van der Waals surface area contributed by atoms with Crippen LogP contribution in [0.5, 0.6) is 0 Å². The fraction of sp³-hybridized carbons (Fsp3) is 0.889. The van der Waals surface area contributed by atoms with Crippen molar-refractivity contribution in [3.05, 3.63) is 0 Å². The van der Waals surface area contributed by atoms with Gasteiger partial charge in [-0.2, -0.15) is 0 Å². The first kappa shape index (κ1) is 8.81. The Bertz CT molecular complexity index is 197. The lowest BCUT2D eigenvalue weighted by Crippen LogP contribution is -2.32. The number of nitrogens with zero attached hydrogens (tertiary/aromatic N) is 1. The number of unbranched alkanes of at least 4 members (excludes halogenated alkanes) is 1. The molecule has 2 saturated heterocycles. The van der Waals surface area contributed by atoms with Gasteiger partial charge in [0, 0.05) is 0 Å². The fourth-order valence-electron chi connectivity index (χ4n) is 1.55. The van der Waals surface area contributed by atoms with E-state index in [2.05, 4.69) is 6.92 Å². The molecule has 2 rings (SSSR count). The number of hydrogen-bond donors (Lipinski definition) is 0. The third-order valence-corrected chi connectivity index (χ3v) is 2.47. The summed E-state index contributed by atoms with van der Waals surface area (Å²) < 4.78 is 10.3. The van der Waals surface area contributed by atoms with Gasteiger partial charge in [0.15, 0.2) is 0 Å². The number of carbonyl (C=O) groups is 1. The molecule has 0 aliphatic carbocycles. The van der Waals surface area contributed by atoms with Crippen LogP contribution in [-0.2, 0) is 9.47 Å². The Morgan fingerprint density at radius 3 is 2.85 bits per heavy atom. The number of rotatable bonds is 3. The molecule has 0 aromatic heterocycles. The largest absolute Gasteiger partial charge is 0.449 e. The minimum absolute atomic E-state index is 0.177. The molecule has 0 saturated carbocycles. The number of carbonyl (C=O) groups excluding carboxylic acids is 1. The molecule has 0 radical (unpaired) electrons. The van der Waals surface area contributed by atoms with Crippen LogP contribution in [0.4, 0.5) is 4.79 Å². The SMILES string of the molecule is CCCCOC(=O)N1CC2OC2C1. The third-order valence-electron chi connectivity index (χ3n) is 2.47. The fourth-order valence-corrected chi connectivity index (χ4v) is 1.55. The number of morpholine rings is 1. The number of likely N-dealkylation sites (tertiary alicyclic amines) is 1. The van der Waals surface area contributed by atoms with Crippen LogP contribution in [0.15, 0.2) is 0 Å². The molecule has 4 heteroatoms. The molecule has 74 valence electrons. The zero-order chi connectivity index (χ0) is 9.26. The maximum atomic E-state index is 11.3. The highest BCUT2D eigenvalue weighted by atomic mass is 16.6. The number of fused-ring (bicyclic) bond motifs is 1. The Kier molecular flexibility index (Phi) is 2.40. The average molecular weight is 185 g/mol.